The summed E-state index contributed by atoms with van der Waals surface area (Å²) in [6.07, 6.45) is 3.47. The maximum atomic E-state index is 12.4. The van der Waals surface area contributed by atoms with Crippen molar-refractivity contribution < 1.29 is 4.79 Å². The number of amides is 1. The molecule has 0 aliphatic carbocycles. The minimum atomic E-state index is -0.0369. The summed E-state index contributed by atoms with van der Waals surface area (Å²) in [6, 6.07) is 4.36. The molecule has 1 aromatic rings. The second-order valence-electron chi connectivity index (χ2n) is 5.33. The Morgan fingerprint density at radius 2 is 2.05 bits per heavy atom. The number of hydrogen-bond acceptors (Lipinski definition) is 4. The molecule has 2 aliphatic heterocycles. The molecule has 102 valence electrons. The smallest absolute Gasteiger partial charge is 0.274 e. The van der Waals surface area contributed by atoms with Crippen LogP contribution in [0.3, 0.4) is 0 Å². The average molecular weight is 281 g/mol. The van der Waals surface area contributed by atoms with Crippen molar-refractivity contribution in [1.82, 2.24) is 20.0 Å². The van der Waals surface area contributed by atoms with Crippen molar-refractivity contribution in [2.75, 3.05) is 20.1 Å². The van der Waals surface area contributed by atoms with Gasteiger partial charge in [0.15, 0.2) is 10.8 Å². The van der Waals surface area contributed by atoms with Crippen molar-refractivity contribution in [3.63, 3.8) is 0 Å². The van der Waals surface area contributed by atoms with E-state index in [1.165, 1.54) is 12.8 Å². The van der Waals surface area contributed by atoms with Gasteiger partial charge in [-0.3, -0.25) is 9.69 Å². The van der Waals surface area contributed by atoms with Gasteiger partial charge in [-0.2, -0.15) is 0 Å². The predicted molar refractivity (Wildman–Crippen MR) is 72.1 cm³/mol. The minimum absolute atomic E-state index is 0.0369. The number of carbonyl (C=O) groups excluding carboxylic acids is 1. The molecule has 5 nitrogen and oxygen atoms in total. The van der Waals surface area contributed by atoms with Gasteiger partial charge >= 0.3 is 0 Å². The maximum Gasteiger partial charge on any atom is 0.274 e. The van der Waals surface area contributed by atoms with Crippen LogP contribution in [0.5, 0.6) is 0 Å². The highest BCUT2D eigenvalue weighted by Crippen LogP contribution is 2.28. The summed E-state index contributed by atoms with van der Waals surface area (Å²) in [5.74, 6) is -0.0369. The Labute approximate surface area is 117 Å². The zero-order valence-corrected chi connectivity index (χ0v) is 11.7. The molecule has 2 fully saturated rings. The Bertz CT molecular complexity index is 478. The highest BCUT2D eigenvalue weighted by molar-refractivity contribution is 6.29. The van der Waals surface area contributed by atoms with Crippen LogP contribution in [0.2, 0.25) is 5.15 Å². The molecule has 2 atom stereocenters. The first kappa shape index (κ1) is 12.8. The molecule has 0 saturated carbocycles. The van der Waals surface area contributed by atoms with E-state index in [0.29, 0.717) is 22.9 Å². The fraction of sp³-hybridized carbons (Fsp3) is 0.615. The number of hydrogen-bond donors (Lipinski definition) is 0. The summed E-state index contributed by atoms with van der Waals surface area (Å²) >= 11 is 5.69. The highest BCUT2D eigenvalue weighted by Gasteiger charge is 2.36. The van der Waals surface area contributed by atoms with Gasteiger partial charge in [0, 0.05) is 25.2 Å². The largest absolute Gasteiger partial charge is 0.336 e. The molecule has 19 heavy (non-hydrogen) atoms. The van der Waals surface area contributed by atoms with Crippen molar-refractivity contribution >= 4 is 17.5 Å². The van der Waals surface area contributed by atoms with E-state index < -0.39 is 0 Å². The monoisotopic (exact) mass is 280 g/mol. The van der Waals surface area contributed by atoms with Gasteiger partial charge in [-0.05, 0) is 38.4 Å². The van der Waals surface area contributed by atoms with Crippen molar-refractivity contribution in [2.24, 2.45) is 0 Å². The number of fused-ring (bicyclic) bond motifs is 2. The molecule has 2 aliphatic rings. The molecular weight excluding hydrogens is 264 g/mol. The van der Waals surface area contributed by atoms with Crippen LogP contribution in [0.15, 0.2) is 12.1 Å². The van der Waals surface area contributed by atoms with Gasteiger partial charge in [-0.25, -0.2) is 0 Å². The summed E-state index contributed by atoms with van der Waals surface area (Å²) in [4.78, 5) is 16.7. The molecule has 2 unspecified atom stereocenters. The number of nitrogens with zero attached hydrogens (tertiary/aromatic N) is 4. The fourth-order valence-electron chi connectivity index (χ4n) is 3.09. The second kappa shape index (κ2) is 5.06. The molecule has 2 saturated heterocycles. The molecule has 2 bridgehead atoms. The van der Waals surface area contributed by atoms with E-state index >= 15 is 0 Å². The van der Waals surface area contributed by atoms with Crippen molar-refractivity contribution in [1.29, 1.82) is 0 Å². The third-order valence-corrected chi connectivity index (χ3v) is 4.49. The maximum absolute atomic E-state index is 12.4. The van der Waals surface area contributed by atoms with Crippen molar-refractivity contribution in [3.05, 3.63) is 23.0 Å². The first-order valence-electron chi connectivity index (χ1n) is 6.65. The van der Waals surface area contributed by atoms with E-state index in [0.717, 1.165) is 19.5 Å². The second-order valence-corrected chi connectivity index (χ2v) is 5.72. The number of likely N-dealkylation sites (N-methyl/N-ethyl adjacent to an activating group) is 1. The predicted octanol–water partition coefficient (Wildman–Crippen LogP) is 1.44. The zero-order chi connectivity index (χ0) is 13.4. The Morgan fingerprint density at radius 3 is 2.79 bits per heavy atom. The number of likely N-dealkylation sites (tertiary alicyclic amines) is 1. The molecule has 0 N–H and O–H groups in total. The Morgan fingerprint density at radius 1 is 1.26 bits per heavy atom. The summed E-state index contributed by atoms with van der Waals surface area (Å²) in [7, 11) is 2.17. The SMILES string of the molecule is CN1C2CCC1CN(C(=O)c1ccc(Cl)nn1)CC2. The lowest BCUT2D eigenvalue weighted by Crippen LogP contribution is -2.40. The lowest BCUT2D eigenvalue weighted by molar-refractivity contribution is 0.0733. The number of carbonyl (C=O) groups is 1. The molecule has 0 radical (unpaired) electrons. The zero-order valence-electron chi connectivity index (χ0n) is 10.9. The van der Waals surface area contributed by atoms with E-state index in [2.05, 4.69) is 22.1 Å². The third-order valence-electron chi connectivity index (χ3n) is 4.29. The third kappa shape index (κ3) is 2.44. The van der Waals surface area contributed by atoms with E-state index in [-0.39, 0.29) is 5.91 Å². The van der Waals surface area contributed by atoms with Gasteiger partial charge in [0.05, 0.1) is 0 Å². The molecule has 1 aromatic heterocycles. The van der Waals surface area contributed by atoms with E-state index in [9.17, 15) is 4.79 Å². The number of rotatable bonds is 1. The van der Waals surface area contributed by atoms with E-state index in [1.807, 2.05) is 4.90 Å². The van der Waals surface area contributed by atoms with Crippen molar-refractivity contribution in [3.8, 4) is 0 Å². The molecule has 3 heterocycles. The topological polar surface area (TPSA) is 49.3 Å². The lowest BCUT2D eigenvalue weighted by atomic mass is 10.1. The summed E-state index contributed by atoms with van der Waals surface area (Å²) in [5, 5.41) is 7.93. The van der Waals surface area contributed by atoms with Gasteiger partial charge in [-0.1, -0.05) is 11.6 Å². The molecular formula is C13H17ClN4O. The quantitative estimate of drug-likeness (QED) is 0.781. The Hall–Kier alpha value is -1.20. The average Bonchev–Trinajstić information content (AvgIpc) is 2.63. The molecule has 6 heteroatoms. The van der Waals surface area contributed by atoms with Crippen LogP contribution in [0.4, 0.5) is 0 Å². The Kier molecular flexibility index (Phi) is 3.41. The summed E-state index contributed by atoms with van der Waals surface area (Å²) in [6.45, 7) is 1.59. The highest BCUT2D eigenvalue weighted by atomic mass is 35.5. The fourth-order valence-corrected chi connectivity index (χ4v) is 3.19. The van der Waals surface area contributed by atoms with Gasteiger partial charge in [0.2, 0.25) is 0 Å². The van der Waals surface area contributed by atoms with Gasteiger partial charge < -0.3 is 4.90 Å². The molecule has 0 aromatic carbocycles. The number of aromatic nitrogens is 2. The van der Waals surface area contributed by atoms with Crippen LogP contribution < -0.4 is 0 Å². The normalized spacial score (nSPS) is 27.4. The molecule has 1 amide bonds. The minimum Gasteiger partial charge on any atom is -0.336 e. The van der Waals surface area contributed by atoms with Crippen LogP contribution in [-0.4, -0.2) is 58.1 Å². The van der Waals surface area contributed by atoms with E-state index in [4.69, 9.17) is 11.6 Å². The van der Waals surface area contributed by atoms with Crippen LogP contribution in [0.1, 0.15) is 29.8 Å². The van der Waals surface area contributed by atoms with Crippen molar-refractivity contribution in [2.45, 2.75) is 31.3 Å². The first-order chi connectivity index (χ1) is 9.15. The van der Waals surface area contributed by atoms with Crippen LogP contribution in [0, 0.1) is 0 Å². The first-order valence-corrected chi connectivity index (χ1v) is 7.03. The molecule has 0 spiro atoms. The Balaban J connectivity index is 1.75. The van der Waals surface area contributed by atoms with Gasteiger partial charge in [0.25, 0.3) is 5.91 Å². The van der Waals surface area contributed by atoms with E-state index in [1.54, 1.807) is 12.1 Å². The van der Waals surface area contributed by atoms with Gasteiger partial charge in [0.1, 0.15) is 0 Å². The summed E-state index contributed by atoms with van der Waals surface area (Å²) in [5.41, 5.74) is 0.379. The van der Waals surface area contributed by atoms with Crippen LogP contribution in [-0.2, 0) is 0 Å². The van der Waals surface area contributed by atoms with Crippen LogP contribution in [0.25, 0.3) is 0 Å². The number of halogens is 1. The van der Waals surface area contributed by atoms with Gasteiger partial charge in [-0.15, -0.1) is 10.2 Å². The summed E-state index contributed by atoms with van der Waals surface area (Å²) < 4.78 is 0. The van der Waals surface area contributed by atoms with Crippen LogP contribution >= 0.6 is 11.6 Å². The standard InChI is InChI=1S/C13H17ClN4O/c1-17-9-2-3-10(17)8-18(7-6-9)13(19)11-4-5-12(14)16-15-11/h4-5,9-10H,2-3,6-8H2,1H3. The molecule has 3 rings (SSSR count). The lowest BCUT2D eigenvalue weighted by Gasteiger charge is -2.25.